The molecule has 0 saturated carbocycles. The molecule has 1 aromatic rings. The molecule has 0 bridgehead atoms. The van der Waals surface area contributed by atoms with Crippen molar-refractivity contribution in [2.45, 2.75) is 46.2 Å². The summed E-state index contributed by atoms with van der Waals surface area (Å²) in [6.45, 7) is 6.39. The number of nitrogens with zero attached hydrogens (tertiary/aromatic N) is 1. The van der Waals surface area contributed by atoms with Gasteiger partial charge < -0.3 is 15.7 Å². The minimum atomic E-state index is -1.01. The molecule has 6 nitrogen and oxygen atoms in total. The Morgan fingerprint density at radius 3 is 2.57 bits per heavy atom. The number of rotatable bonds is 7. The highest BCUT2D eigenvalue weighted by Crippen LogP contribution is 2.12. The number of carbonyl (C=O) groups excluding carboxylic acids is 1. The van der Waals surface area contributed by atoms with Crippen molar-refractivity contribution in [3.8, 4) is 0 Å². The van der Waals surface area contributed by atoms with E-state index in [1.54, 1.807) is 0 Å². The normalized spacial score (nSPS) is 12.0. The highest BCUT2D eigenvalue weighted by atomic mass is 16.4. The molecule has 1 rings (SSSR count). The van der Waals surface area contributed by atoms with E-state index >= 15 is 0 Å². The lowest BCUT2D eigenvalue weighted by Gasteiger charge is -2.22. The van der Waals surface area contributed by atoms with E-state index in [-0.39, 0.29) is 24.2 Å². The molecule has 1 unspecified atom stereocenters. The molecule has 116 valence electrons. The summed E-state index contributed by atoms with van der Waals surface area (Å²) in [5.41, 5.74) is 0.674. The van der Waals surface area contributed by atoms with Gasteiger partial charge in [0.25, 0.3) is 0 Å². The molecule has 1 atom stereocenters. The molecular formula is C15H23N3O3. The molecule has 0 saturated heterocycles. The van der Waals surface area contributed by atoms with Gasteiger partial charge in [-0.1, -0.05) is 26.7 Å². The van der Waals surface area contributed by atoms with E-state index in [1.807, 2.05) is 6.92 Å². The fourth-order valence-electron chi connectivity index (χ4n) is 2.25. The molecule has 0 fully saturated rings. The van der Waals surface area contributed by atoms with Crippen molar-refractivity contribution in [2.24, 2.45) is 5.92 Å². The predicted molar refractivity (Wildman–Crippen MR) is 80.1 cm³/mol. The Bertz CT molecular complexity index is 487. The number of carboxylic acid groups (broad SMARTS) is 1. The van der Waals surface area contributed by atoms with Gasteiger partial charge in [0.2, 0.25) is 0 Å². The second-order valence-electron chi connectivity index (χ2n) is 5.03. The van der Waals surface area contributed by atoms with Crippen LogP contribution in [-0.2, 0) is 6.54 Å². The monoisotopic (exact) mass is 293 g/mol. The maximum atomic E-state index is 11.8. The second-order valence-corrected chi connectivity index (χ2v) is 5.03. The number of amides is 2. The third-order valence-corrected chi connectivity index (χ3v) is 3.61. The van der Waals surface area contributed by atoms with Crippen LogP contribution in [0.25, 0.3) is 0 Å². The van der Waals surface area contributed by atoms with Crippen LogP contribution in [0, 0.1) is 5.92 Å². The summed E-state index contributed by atoms with van der Waals surface area (Å²) in [5, 5.41) is 14.5. The summed E-state index contributed by atoms with van der Waals surface area (Å²) in [6, 6.07) is 2.70. The van der Waals surface area contributed by atoms with E-state index in [9.17, 15) is 9.59 Å². The number of hydrogen-bond donors (Lipinski definition) is 3. The summed E-state index contributed by atoms with van der Waals surface area (Å²) < 4.78 is 0. The fourth-order valence-corrected chi connectivity index (χ4v) is 2.25. The smallest absolute Gasteiger partial charge is 0.335 e. The highest BCUT2D eigenvalue weighted by Gasteiger charge is 2.15. The molecule has 1 heterocycles. The van der Waals surface area contributed by atoms with Gasteiger partial charge in [-0.2, -0.15) is 0 Å². The lowest BCUT2D eigenvalue weighted by molar-refractivity contribution is 0.0696. The number of hydrogen-bond acceptors (Lipinski definition) is 3. The maximum Gasteiger partial charge on any atom is 0.335 e. The van der Waals surface area contributed by atoms with E-state index in [4.69, 9.17) is 5.11 Å². The Hall–Kier alpha value is -2.11. The molecule has 21 heavy (non-hydrogen) atoms. The zero-order valence-corrected chi connectivity index (χ0v) is 12.7. The lowest BCUT2D eigenvalue weighted by atomic mass is 9.96. The average molecular weight is 293 g/mol. The van der Waals surface area contributed by atoms with Crippen LogP contribution in [0.15, 0.2) is 18.3 Å². The zero-order valence-electron chi connectivity index (χ0n) is 12.7. The summed E-state index contributed by atoms with van der Waals surface area (Å²) in [6.07, 6.45) is 3.45. The minimum absolute atomic E-state index is 0.0957. The van der Waals surface area contributed by atoms with Crippen LogP contribution >= 0.6 is 0 Å². The van der Waals surface area contributed by atoms with Crippen LogP contribution in [0.4, 0.5) is 4.79 Å². The van der Waals surface area contributed by atoms with Gasteiger partial charge in [-0.05, 0) is 25.0 Å². The molecule has 6 heteroatoms. The molecule has 2 amide bonds. The third-order valence-electron chi connectivity index (χ3n) is 3.61. The lowest BCUT2D eigenvalue weighted by Crippen LogP contribution is -2.43. The summed E-state index contributed by atoms with van der Waals surface area (Å²) in [4.78, 5) is 26.7. The second kappa shape index (κ2) is 8.24. The molecule has 1 aromatic heterocycles. The number of nitrogens with one attached hydrogen (secondary N) is 2. The fraction of sp³-hybridized carbons (Fsp3) is 0.533. The number of aromatic carboxylic acids is 1. The summed E-state index contributed by atoms with van der Waals surface area (Å²) >= 11 is 0. The number of pyridine rings is 1. The number of carbonyl (C=O) groups is 2. The molecule has 0 aliphatic heterocycles. The van der Waals surface area contributed by atoms with Gasteiger partial charge in [0, 0.05) is 12.2 Å². The van der Waals surface area contributed by atoms with Crippen LogP contribution < -0.4 is 10.6 Å². The minimum Gasteiger partial charge on any atom is -0.478 e. The highest BCUT2D eigenvalue weighted by molar-refractivity contribution is 5.87. The van der Waals surface area contributed by atoms with E-state index in [0.29, 0.717) is 11.6 Å². The van der Waals surface area contributed by atoms with E-state index in [0.717, 1.165) is 12.8 Å². The number of aromatic nitrogens is 1. The van der Waals surface area contributed by atoms with Crippen LogP contribution in [0.3, 0.4) is 0 Å². The zero-order chi connectivity index (χ0) is 15.8. The van der Waals surface area contributed by atoms with Crippen molar-refractivity contribution in [3.05, 3.63) is 29.6 Å². The van der Waals surface area contributed by atoms with Crippen LogP contribution in [0.1, 0.15) is 49.7 Å². The number of urea groups is 1. The van der Waals surface area contributed by atoms with Gasteiger partial charge in [-0.25, -0.2) is 9.59 Å². The first-order chi connectivity index (χ1) is 9.97. The summed E-state index contributed by atoms with van der Waals surface area (Å²) in [5.74, 6) is -0.560. The van der Waals surface area contributed by atoms with E-state index in [2.05, 4.69) is 29.5 Å². The van der Waals surface area contributed by atoms with Gasteiger partial charge in [0.15, 0.2) is 0 Å². The number of carboxylic acids is 1. The largest absolute Gasteiger partial charge is 0.478 e. The molecule has 0 aliphatic carbocycles. The molecular weight excluding hydrogens is 270 g/mol. The summed E-state index contributed by atoms with van der Waals surface area (Å²) in [7, 11) is 0. The Labute approximate surface area is 125 Å². The quantitative estimate of drug-likeness (QED) is 0.720. The third kappa shape index (κ3) is 5.41. The Morgan fingerprint density at radius 2 is 2.00 bits per heavy atom. The van der Waals surface area contributed by atoms with Gasteiger partial charge in [0.05, 0.1) is 17.8 Å². The molecule has 0 aromatic carbocycles. The molecule has 0 aliphatic rings. The molecule has 3 N–H and O–H groups in total. The van der Waals surface area contributed by atoms with E-state index < -0.39 is 5.97 Å². The first-order valence-corrected chi connectivity index (χ1v) is 7.20. The molecule has 0 radical (unpaired) electrons. The maximum absolute atomic E-state index is 11.8. The van der Waals surface area contributed by atoms with Crippen LogP contribution in [0.5, 0.6) is 0 Å². The van der Waals surface area contributed by atoms with Crippen LogP contribution in [0.2, 0.25) is 0 Å². The Morgan fingerprint density at radius 1 is 1.33 bits per heavy atom. The van der Waals surface area contributed by atoms with Crippen molar-refractivity contribution < 1.29 is 14.7 Å². The average Bonchev–Trinajstić information content (AvgIpc) is 2.46. The Balaban J connectivity index is 2.49. The molecule has 0 spiro atoms. The Kier molecular flexibility index (Phi) is 6.65. The first kappa shape index (κ1) is 16.9. The van der Waals surface area contributed by atoms with Crippen LogP contribution in [-0.4, -0.2) is 28.1 Å². The van der Waals surface area contributed by atoms with Crippen molar-refractivity contribution in [1.82, 2.24) is 15.6 Å². The SMILES string of the molecule is CCC(CC)C(C)NC(=O)NCc1cc(C(=O)O)ccn1. The van der Waals surface area contributed by atoms with Crippen molar-refractivity contribution in [3.63, 3.8) is 0 Å². The van der Waals surface area contributed by atoms with Gasteiger partial charge in [0.1, 0.15) is 0 Å². The predicted octanol–water partition coefficient (Wildman–Crippen LogP) is 2.40. The van der Waals surface area contributed by atoms with E-state index in [1.165, 1.54) is 18.3 Å². The van der Waals surface area contributed by atoms with Crippen molar-refractivity contribution >= 4 is 12.0 Å². The van der Waals surface area contributed by atoms with Gasteiger partial charge in [-0.3, -0.25) is 4.98 Å². The van der Waals surface area contributed by atoms with Gasteiger partial charge in [-0.15, -0.1) is 0 Å². The standard InChI is InChI=1S/C15H23N3O3/c1-4-11(5-2)10(3)18-15(21)17-9-13-8-12(14(19)20)6-7-16-13/h6-8,10-11H,4-5,9H2,1-3H3,(H,19,20)(H2,17,18,21). The van der Waals surface area contributed by atoms with Crippen molar-refractivity contribution in [1.29, 1.82) is 0 Å². The van der Waals surface area contributed by atoms with Crippen molar-refractivity contribution in [2.75, 3.05) is 0 Å². The van der Waals surface area contributed by atoms with Gasteiger partial charge >= 0.3 is 12.0 Å². The first-order valence-electron chi connectivity index (χ1n) is 7.20. The topological polar surface area (TPSA) is 91.3 Å².